The van der Waals surface area contributed by atoms with Crippen molar-refractivity contribution in [2.45, 2.75) is 58.8 Å². The van der Waals surface area contributed by atoms with Crippen molar-refractivity contribution < 1.29 is 0 Å². The lowest BCUT2D eigenvalue weighted by molar-refractivity contribution is 0.371. The number of rotatable bonds is 4. The molecule has 1 aliphatic carbocycles. The third-order valence-electron chi connectivity index (χ3n) is 11.3. The highest BCUT2D eigenvalue weighted by Gasteiger charge is 2.48. The summed E-state index contributed by atoms with van der Waals surface area (Å²) in [5.41, 5.74) is 17.3. The van der Waals surface area contributed by atoms with E-state index in [1.165, 1.54) is 66.5 Å². The molecule has 0 saturated carbocycles. The topological polar surface area (TPSA) is 8.17 Å². The van der Waals surface area contributed by atoms with Gasteiger partial charge >= 0.3 is 0 Å². The van der Waals surface area contributed by atoms with Gasteiger partial charge in [0.05, 0.1) is 11.0 Å². The molecule has 0 N–H and O–H groups in total. The van der Waals surface area contributed by atoms with Crippen molar-refractivity contribution in [1.82, 2.24) is 4.57 Å². The van der Waals surface area contributed by atoms with Gasteiger partial charge in [0.1, 0.15) is 0 Å². The van der Waals surface area contributed by atoms with Crippen LogP contribution in [-0.4, -0.2) is 4.57 Å². The summed E-state index contributed by atoms with van der Waals surface area (Å²) in [7, 11) is 0. The SMILES string of the molecule is Cc1ccc(N(c2ccc(C)cc2)c2ccc(-c3cc4c5c(c3)c3cccc6c3n5C3=C(C=CCC3C6(C)C)C4(C)C)cc2)cc1. The van der Waals surface area contributed by atoms with E-state index >= 15 is 0 Å². The first-order valence-corrected chi connectivity index (χ1v) is 16.7. The third-order valence-corrected chi connectivity index (χ3v) is 11.3. The molecule has 2 heteroatoms. The second-order valence-electron chi connectivity index (χ2n) is 14.8. The van der Waals surface area contributed by atoms with Crippen molar-refractivity contribution in [2.24, 2.45) is 5.92 Å². The van der Waals surface area contributed by atoms with Crippen LogP contribution in [0.1, 0.15) is 56.4 Å². The molecule has 9 rings (SSSR count). The lowest BCUT2D eigenvalue weighted by Crippen LogP contribution is -2.40. The highest BCUT2D eigenvalue weighted by molar-refractivity contribution is 6.15. The van der Waals surface area contributed by atoms with Crippen molar-refractivity contribution in [3.8, 4) is 11.1 Å². The van der Waals surface area contributed by atoms with E-state index < -0.39 is 0 Å². The maximum Gasteiger partial charge on any atom is 0.0579 e. The minimum absolute atomic E-state index is 0.0717. The molecule has 5 aromatic carbocycles. The van der Waals surface area contributed by atoms with E-state index in [9.17, 15) is 0 Å². The van der Waals surface area contributed by atoms with Crippen LogP contribution in [0.4, 0.5) is 17.1 Å². The summed E-state index contributed by atoms with van der Waals surface area (Å²) in [6.45, 7) is 14.1. The van der Waals surface area contributed by atoms with Crippen LogP contribution in [0.5, 0.6) is 0 Å². The molecule has 1 unspecified atom stereocenters. The first kappa shape index (κ1) is 27.5. The summed E-state index contributed by atoms with van der Waals surface area (Å²) < 4.78 is 2.67. The Labute approximate surface area is 272 Å². The minimum Gasteiger partial charge on any atom is -0.312 e. The predicted octanol–water partition coefficient (Wildman–Crippen LogP) is 11.9. The second-order valence-corrected chi connectivity index (χ2v) is 14.8. The van der Waals surface area contributed by atoms with Gasteiger partial charge in [-0.15, -0.1) is 0 Å². The van der Waals surface area contributed by atoms with Crippen molar-refractivity contribution in [3.63, 3.8) is 0 Å². The van der Waals surface area contributed by atoms with Gasteiger partial charge in [0.2, 0.25) is 0 Å². The van der Waals surface area contributed by atoms with Crippen LogP contribution in [0, 0.1) is 19.8 Å². The maximum absolute atomic E-state index is 2.67. The predicted molar refractivity (Wildman–Crippen MR) is 196 cm³/mol. The first-order chi connectivity index (χ1) is 22.1. The molecule has 6 aromatic rings. The zero-order valence-corrected chi connectivity index (χ0v) is 27.6. The third kappa shape index (κ3) is 3.64. The Bertz CT molecular complexity index is 2230. The molecule has 2 aliphatic heterocycles. The van der Waals surface area contributed by atoms with Gasteiger partial charge in [0.15, 0.2) is 0 Å². The normalized spacial score (nSPS) is 18.5. The number of aromatic nitrogens is 1. The zero-order valence-electron chi connectivity index (χ0n) is 27.6. The van der Waals surface area contributed by atoms with Crippen LogP contribution >= 0.6 is 0 Å². The Morgan fingerprint density at radius 2 is 1.22 bits per heavy atom. The van der Waals surface area contributed by atoms with Crippen molar-refractivity contribution in [3.05, 3.63) is 143 Å². The lowest BCUT2D eigenvalue weighted by atomic mass is 9.62. The molecular weight excluding hydrogens is 556 g/mol. The molecule has 0 radical (unpaired) electrons. The van der Waals surface area contributed by atoms with E-state index in [1.807, 2.05) is 0 Å². The quantitative estimate of drug-likeness (QED) is 0.196. The molecule has 0 amide bonds. The number of anilines is 3. The van der Waals surface area contributed by atoms with E-state index in [4.69, 9.17) is 0 Å². The maximum atomic E-state index is 2.67. The Balaban J connectivity index is 1.23. The fourth-order valence-corrected chi connectivity index (χ4v) is 8.72. The van der Waals surface area contributed by atoms with Gasteiger partial charge < -0.3 is 9.47 Å². The number of benzene rings is 5. The molecule has 0 saturated heterocycles. The van der Waals surface area contributed by atoms with Gasteiger partial charge in [-0.25, -0.2) is 0 Å². The fourth-order valence-electron chi connectivity index (χ4n) is 8.72. The van der Waals surface area contributed by atoms with Crippen molar-refractivity contribution in [1.29, 1.82) is 0 Å². The molecule has 1 atom stereocenters. The second kappa shape index (κ2) is 9.36. The summed E-state index contributed by atoms with van der Waals surface area (Å²) in [5.74, 6) is 0.478. The smallest absolute Gasteiger partial charge is 0.0579 e. The molecular formula is C44H40N2. The summed E-state index contributed by atoms with van der Waals surface area (Å²) in [4.78, 5) is 2.35. The number of hydrogen-bond donors (Lipinski definition) is 0. The molecule has 0 spiro atoms. The molecule has 0 bridgehead atoms. The van der Waals surface area contributed by atoms with Gasteiger partial charge in [0.25, 0.3) is 0 Å². The number of hydrogen-bond acceptors (Lipinski definition) is 1. The Hall–Kier alpha value is -4.82. The standard InChI is InChI=1S/C44H40N2/c1-27-13-19-31(20-14-27)45(32-21-15-28(2)16-22-32)33-23-17-29(18-24-33)30-25-35-34-9-7-10-36-40(34)46-41(35)39(26-30)44(5,6)38-12-8-11-37(42(38)46)43(36,3)4/h7-10,12-26,37H,11H2,1-6H3. The number of aryl methyl sites for hydroxylation is 2. The molecule has 0 fully saturated rings. The lowest BCUT2D eigenvalue weighted by Gasteiger charge is -2.48. The molecule has 3 aliphatic rings. The van der Waals surface area contributed by atoms with E-state index in [0.717, 1.165) is 23.5 Å². The fraction of sp³-hybridized carbons (Fsp3) is 0.227. The summed E-state index contributed by atoms with van der Waals surface area (Å²) in [6, 6.07) is 38.8. The van der Waals surface area contributed by atoms with E-state index in [0.29, 0.717) is 5.92 Å². The van der Waals surface area contributed by atoms with Crippen LogP contribution in [0.2, 0.25) is 0 Å². The monoisotopic (exact) mass is 596 g/mol. The Morgan fingerprint density at radius 3 is 1.85 bits per heavy atom. The highest BCUT2D eigenvalue weighted by atomic mass is 15.1. The van der Waals surface area contributed by atoms with Crippen LogP contribution < -0.4 is 4.90 Å². The van der Waals surface area contributed by atoms with Crippen LogP contribution in [0.3, 0.4) is 0 Å². The summed E-state index contributed by atoms with van der Waals surface area (Å²) in [6.07, 6.45) is 5.96. The average molecular weight is 597 g/mol. The minimum atomic E-state index is -0.0929. The first-order valence-electron chi connectivity index (χ1n) is 16.7. The van der Waals surface area contributed by atoms with Crippen LogP contribution in [0.25, 0.3) is 38.6 Å². The highest BCUT2D eigenvalue weighted by Crippen LogP contribution is 2.59. The average Bonchev–Trinajstić information content (AvgIpc) is 3.39. The van der Waals surface area contributed by atoms with Crippen molar-refractivity contribution in [2.75, 3.05) is 4.90 Å². The Kier molecular flexibility index (Phi) is 5.59. The molecule has 226 valence electrons. The van der Waals surface area contributed by atoms with Gasteiger partial charge in [-0.1, -0.05) is 106 Å². The number of para-hydroxylation sites is 1. The van der Waals surface area contributed by atoms with Crippen molar-refractivity contribution >= 4 is 44.6 Å². The van der Waals surface area contributed by atoms with E-state index in [1.54, 1.807) is 0 Å². The van der Waals surface area contributed by atoms with E-state index in [-0.39, 0.29) is 10.8 Å². The molecule has 3 heterocycles. The molecule has 2 nitrogen and oxygen atoms in total. The van der Waals surface area contributed by atoms with Gasteiger partial charge in [-0.2, -0.15) is 0 Å². The molecule has 46 heavy (non-hydrogen) atoms. The summed E-state index contributed by atoms with van der Waals surface area (Å²) >= 11 is 0. The zero-order chi connectivity index (χ0) is 31.5. The Morgan fingerprint density at radius 1 is 0.630 bits per heavy atom. The van der Waals surface area contributed by atoms with Crippen LogP contribution in [0.15, 0.2) is 121 Å². The summed E-state index contributed by atoms with van der Waals surface area (Å²) in [5, 5.41) is 2.75. The number of allylic oxidation sites excluding steroid dienone is 4. The van der Waals surface area contributed by atoms with Crippen LogP contribution in [-0.2, 0) is 10.8 Å². The van der Waals surface area contributed by atoms with Gasteiger partial charge in [-0.05, 0) is 96.6 Å². The molecule has 1 aromatic heterocycles. The number of fused-ring (bicyclic) bond motifs is 1. The van der Waals surface area contributed by atoms with E-state index in [2.05, 4.69) is 166 Å². The van der Waals surface area contributed by atoms with Gasteiger partial charge in [0, 0.05) is 50.3 Å². The van der Waals surface area contributed by atoms with Gasteiger partial charge in [-0.3, -0.25) is 0 Å². The number of nitrogens with zero attached hydrogens (tertiary/aromatic N) is 2. The largest absolute Gasteiger partial charge is 0.312 e.